The van der Waals surface area contributed by atoms with E-state index in [1.54, 1.807) is 11.8 Å². The third kappa shape index (κ3) is 6.39. The molecule has 23 heavy (non-hydrogen) atoms. The quantitative estimate of drug-likeness (QED) is 0.475. The molecule has 0 saturated heterocycles. The Bertz CT molecular complexity index is 385. The van der Waals surface area contributed by atoms with Crippen molar-refractivity contribution >= 4 is 5.91 Å². The highest BCUT2D eigenvalue weighted by Gasteiger charge is 2.36. The van der Waals surface area contributed by atoms with Crippen molar-refractivity contribution in [1.29, 1.82) is 0 Å². The van der Waals surface area contributed by atoms with E-state index in [1.807, 2.05) is 0 Å². The van der Waals surface area contributed by atoms with Crippen LogP contribution in [-0.4, -0.2) is 40.8 Å². The van der Waals surface area contributed by atoms with E-state index in [9.17, 15) is 9.90 Å². The van der Waals surface area contributed by atoms with Crippen LogP contribution in [0.2, 0.25) is 0 Å². The second kappa shape index (κ2) is 10.5. The van der Waals surface area contributed by atoms with Gasteiger partial charge in [-0.05, 0) is 13.3 Å². The number of carbonyl (C=O) groups is 1. The van der Waals surface area contributed by atoms with Crippen LogP contribution >= 0.6 is 0 Å². The number of primary amides is 1. The minimum absolute atomic E-state index is 0.342. The first-order valence-corrected chi connectivity index (χ1v) is 8.84. The molecule has 6 nitrogen and oxygen atoms in total. The zero-order valence-corrected chi connectivity index (χ0v) is 14.5. The van der Waals surface area contributed by atoms with Gasteiger partial charge in [-0.25, -0.2) is 0 Å². The Morgan fingerprint density at radius 3 is 2.35 bits per heavy atom. The molecule has 0 spiro atoms. The molecular weight excluding hydrogens is 294 g/mol. The summed E-state index contributed by atoms with van der Waals surface area (Å²) in [6.45, 7) is 4.50. The Balaban J connectivity index is 2.37. The van der Waals surface area contributed by atoms with Crippen molar-refractivity contribution in [3.05, 3.63) is 12.0 Å². The molecule has 0 aromatic carbocycles. The van der Waals surface area contributed by atoms with E-state index in [-0.39, 0.29) is 0 Å². The Morgan fingerprint density at radius 2 is 1.83 bits per heavy atom. The number of hydrogen-bond donors (Lipinski definition) is 3. The topological polar surface area (TPSA) is 102 Å². The summed E-state index contributed by atoms with van der Waals surface area (Å²) < 4.78 is 5.46. The van der Waals surface area contributed by atoms with Crippen LogP contribution in [0, 0.1) is 0 Å². The molecule has 134 valence electrons. The molecule has 0 fully saturated rings. The lowest BCUT2D eigenvalue weighted by Gasteiger charge is -2.32. The van der Waals surface area contributed by atoms with Gasteiger partial charge in [-0.15, -0.1) is 0 Å². The SMILES string of the molecule is CCCCCCCCCCN1C(C(N)=O)=COC1C(N)C(C)O. The van der Waals surface area contributed by atoms with Gasteiger partial charge in [0.2, 0.25) is 0 Å². The minimum Gasteiger partial charge on any atom is -0.474 e. The molecule has 1 heterocycles. The molecule has 1 aliphatic rings. The van der Waals surface area contributed by atoms with Gasteiger partial charge in [-0.3, -0.25) is 4.79 Å². The van der Waals surface area contributed by atoms with Crippen LogP contribution in [-0.2, 0) is 9.53 Å². The van der Waals surface area contributed by atoms with Gasteiger partial charge in [0.25, 0.3) is 5.91 Å². The molecule has 0 radical (unpaired) electrons. The molecule has 0 aromatic rings. The lowest BCUT2D eigenvalue weighted by molar-refractivity contribution is -0.116. The van der Waals surface area contributed by atoms with Gasteiger partial charge in [0.05, 0.1) is 12.1 Å². The predicted octanol–water partition coefficient (Wildman–Crippen LogP) is 1.82. The molecule has 0 saturated carbocycles. The second-order valence-corrected chi connectivity index (χ2v) is 6.38. The van der Waals surface area contributed by atoms with Gasteiger partial charge in [0.15, 0.2) is 6.23 Å². The number of rotatable bonds is 12. The summed E-state index contributed by atoms with van der Waals surface area (Å²) in [5.41, 5.74) is 11.7. The molecule has 6 heteroatoms. The van der Waals surface area contributed by atoms with Crippen LogP contribution in [0.25, 0.3) is 0 Å². The first-order valence-electron chi connectivity index (χ1n) is 8.84. The van der Waals surface area contributed by atoms with E-state index in [0.717, 1.165) is 12.8 Å². The Labute approximate surface area is 139 Å². The van der Waals surface area contributed by atoms with E-state index in [4.69, 9.17) is 16.2 Å². The van der Waals surface area contributed by atoms with Crippen molar-refractivity contribution in [2.45, 2.75) is 83.6 Å². The molecular formula is C17H33N3O3. The average molecular weight is 327 g/mol. The molecule has 3 unspecified atom stereocenters. The van der Waals surface area contributed by atoms with Crippen LogP contribution in [0.1, 0.15) is 65.2 Å². The van der Waals surface area contributed by atoms with E-state index >= 15 is 0 Å². The van der Waals surface area contributed by atoms with Crippen molar-refractivity contribution in [2.24, 2.45) is 11.5 Å². The number of aliphatic hydroxyl groups is 1. The summed E-state index contributed by atoms with van der Waals surface area (Å²) >= 11 is 0. The Morgan fingerprint density at radius 1 is 1.26 bits per heavy atom. The molecule has 0 aliphatic carbocycles. The summed E-state index contributed by atoms with van der Waals surface area (Å²) in [6.07, 6.45) is 9.81. The van der Waals surface area contributed by atoms with Crippen molar-refractivity contribution < 1.29 is 14.6 Å². The number of unbranched alkanes of at least 4 members (excludes halogenated alkanes) is 7. The molecule has 0 aromatic heterocycles. The van der Waals surface area contributed by atoms with Gasteiger partial charge in [-0.1, -0.05) is 51.9 Å². The number of aliphatic hydroxyl groups excluding tert-OH is 1. The monoisotopic (exact) mass is 327 g/mol. The van der Waals surface area contributed by atoms with Crippen LogP contribution in [0.3, 0.4) is 0 Å². The van der Waals surface area contributed by atoms with Crippen molar-refractivity contribution in [2.75, 3.05) is 6.54 Å². The van der Waals surface area contributed by atoms with Gasteiger partial charge in [0, 0.05) is 6.54 Å². The number of nitrogens with two attached hydrogens (primary N) is 2. The summed E-state index contributed by atoms with van der Waals surface area (Å²) in [6, 6.07) is -0.586. The Kier molecular flexibility index (Phi) is 9.02. The fraction of sp³-hybridized carbons (Fsp3) is 0.824. The lowest BCUT2D eigenvalue weighted by atomic mass is 10.1. The van der Waals surface area contributed by atoms with Crippen LogP contribution in [0.4, 0.5) is 0 Å². The fourth-order valence-electron chi connectivity index (χ4n) is 2.81. The van der Waals surface area contributed by atoms with Gasteiger partial charge >= 0.3 is 0 Å². The number of nitrogens with zero attached hydrogens (tertiary/aromatic N) is 1. The van der Waals surface area contributed by atoms with Gasteiger partial charge in [-0.2, -0.15) is 0 Å². The zero-order chi connectivity index (χ0) is 17.2. The maximum absolute atomic E-state index is 11.5. The van der Waals surface area contributed by atoms with E-state index in [2.05, 4.69) is 6.92 Å². The lowest BCUT2D eigenvalue weighted by Crippen LogP contribution is -2.52. The van der Waals surface area contributed by atoms with Crippen LogP contribution in [0.15, 0.2) is 12.0 Å². The third-order valence-electron chi connectivity index (χ3n) is 4.33. The van der Waals surface area contributed by atoms with Gasteiger partial charge < -0.3 is 26.2 Å². The van der Waals surface area contributed by atoms with Crippen LogP contribution in [0.5, 0.6) is 0 Å². The molecule has 1 rings (SSSR count). The number of amides is 1. The van der Waals surface area contributed by atoms with E-state index < -0.39 is 24.3 Å². The zero-order valence-electron chi connectivity index (χ0n) is 14.5. The highest BCUT2D eigenvalue weighted by Crippen LogP contribution is 2.23. The fourth-order valence-corrected chi connectivity index (χ4v) is 2.81. The third-order valence-corrected chi connectivity index (χ3v) is 4.33. The minimum atomic E-state index is -0.721. The molecule has 5 N–H and O–H groups in total. The molecule has 1 amide bonds. The standard InChI is InChI=1S/C17H33N3O3/c1-3-4-5-6-7-8-9-10-11-20-14(16(19)22)12-23-17(20)15(18)13(2)21/h12-13,15,17,21H,3-11,18H2,1-2H3,(H2,19,22). The number of hydrogen-bond acceptors (Lipinski definition) is 5. The second-order valence-electron chi connectivity index (χ2n) is 6.38. The summed E-state index contributed by atoms with van der Waals surface area (Å²) in [5, 5.41) is 9.67. The smallest absolute Gasteiger partial charge is 0.268 e. The number of ether oxygens (including phenoxy) is 1. The maximum Gasteiger partial charge on any atom is 0.268 e. The first kappa shape index (κ1) is 19.8. The van der Waals surface area contributed by atoms with E-state index in [1.165, 1.54) is 44.8 Å². The molecule has 1 aliphatic heterocycles. The highest BCUT2D eigenvalue weighted by molar-refractivity contribution is 5.91. The highest BCUT2D eigenvalue weighted by atomic mass is 16.5. The average Bonchev–Trinajstić information content (AvgIpc) is 2.93. The summed E-state index contributed by atoms with van der Waals surface area (Å²) in [7, 11) is 0. The first-order chi connectivity index (χ1) is 11.0. The van der Waals surface area contributed by atoms with Crippen LogP contribution < -0.4 is 11.5 Å². The normalized spacial score (nSPS) is 20.1. The van der Waals surface area contributed by atoms with E-state index in [0.29, 0.717) is 12.2 Å². The van der Waals surface area contributed by atoms with Crippen molar-refractivity contribution in [3.63, 3.8) is 0 Å². The molecule has 0 bridgehead atoms. The Hall–Kier alpha value is -1.27. The molecule has 3 atom stereocenters. The van der Waals surface area contributed by atoms with Crippen molar-refractivity contribution in [3.8, 4) is 0 Å². The number of carbonyl (C=O) groups excluding carboxylic acids is 1. The predicted molar refractivity (Wildman–Crippen MR) is 91.1 cm³/mol. The van der Waals surface area contributed by atoms with Gasteiger partial charge in [0.1, 0.15) is 12.0 Å². The summed E-state index contributed by atoms with van der Waals surface area (Å²) in [5.74, 6) is -0.523. The largest absolute Gasteiger partial charge is 0.474 e. The maximum atomic E-state index is 11.5. The summed E-state index contributed by atoms with van der Waals surface area (Å²) in [4.78, 5) is 13.3. The van der Waals surface area contributed by atoms with Crippen molar-refractivity contribution in [1.82, 2.24) is 4.90 Å².